The van der Waals surface area contributed by atoms with Gasteiger partial charge in [0.05, 0.1) is 6.07 Å². The zero-order valence-corrected chi connectivity index (χ0v) is 12.6. The van der Waals surface area contributed by atoms with Gasteiger partial charge >= 0.3 is 0 Å². The molecule has 0 aromatic heterocycles. The molecule has 1 aromatic rings. The van der Waals surface area contributed by atoms with Crippen LogP contribution in [-0.4, -0.2) is 32.0 Å². The number of carbonyl (C=O) groups excluding carboxylic acids is 2. The number of amides is 1. The van der Waals surface area contributed by atoms with Crippen LogP contribution in [0.15, 0.2) is 18.2 Å². The molecular weight excluding hydrogens is 268 g/mol. The number of nitrogens with one attached hydrogen (secondary N) is 1. The van der Waals surface area contributed by atoms with Gasteiger partial charge in [-0.15, -0.1) is 0 Å². The number of Topliss-reactive ketones (excluding diaryl/α,β-unsaturated/α-hetero) is 1. The van der Waals surface area contributed by atoms with Crippen molar-refractivity contribution in [2.75, 3.05) is 20.3 Å². The van der Waals surface area contributed by atoms with Crippen molar-refractivity contribution in [2.45, 2.75) is 20.3 Å². The van der Waals surface area contributed by atoms with Crippen molar-refractivity contribution in [1.82, 2.24) is 5.32 Å². The van der Waals surface area contributed by atoms with E-state index in [4.69, 9.17) is 10.00 Å². The minimum Gasteiger partial charge on any atom is -0.385 e. The smallest absolute Gasteiger partial charge is 0.245 e. The van der Waals surface area contributed by atoms with Crippen LogP contribution in [0.4, 0.5) is 0 Å². The van der Waals surface area contributed by atoms with Crippen LogP contribution in [0.2, 0.25) is 0 Å². The number of rotatable bonds is 7. The van der Waals surface area contributed by atoms with E-state index in [0.717, 1.165) is 11.1 Å². The molecule has 0 fully saturated rings. The zero-order chi connectivity index (χ0) is 15.8. The summed E-state index contributed by atoms with van der Waals surface area (Å²) in [5, 5.41) is 11.7. The van der Waals surface area contributed by atoms with Crippen LogP contribution in [-0.2, 0) is 9.53 Å². The fourth-order valence-electron chi connectivity index (χ4n) is 2.05. The van der Waals surface area contributed by atoms with Crippen LogP contribution in [0, 0.1) is 31.1 Å². The van der Waals surface area contributed by atoms with Gasteiger partial charge in [-0.3, -0.25) is 9.59 Å². The minimum absolute atomic E-state index is 0.380. The monoisotopic (exact) mass is 288 g/mol. The number of ketones is 1. The van der Waals surface area contributed by atoms with E-state index in [0.29, 0.717) is 25.1 Å². The first-order valence-electron chi connectivity index (χ1n) is 6.78. The summed E-state index contributed by atoms with van der Waals surface area (Å²) < 4.78 is 4.87. The van der Waals surface area contributed by atoms with Crippen LogP contribution in [0.3, 0.4) is 0 Å². The molecule has 1 atom stereocenters. The fourth-order valence-corrected chi connectivity index (χ4v) is 2.05. The molecule has 0 spiro atoms. The molecule has 0 aliphatic carbocycles. The predicted molar refractivity (Wildman–Crippen MR) is 78.9 cm³/mol. The number of benzene rings is 1. The molecular formula is C16H20N2O3. The summed E-state index contributed by atoms with van der Waals surface area (Å²) in [5.41, 5.74) is 2.25. The Hall–Kier alpha value is -2.19. The van der Waals surface area contributed by atoms with Gasteiger partial charge in [0.25, 0.3) is 0 Å². The zero-order valence-electron chi connectivity index (χ0n) is 12.6. The van der Waals surface area contributed by atoms with Gasteiger partial charge in [-0.1, -0.05) is 17.2 Å². The van der Waals surface area contributed by atoms with Gasteiger partial charge in [0.1, 0.15) is 0 Å². The molecule has 112 valence electrons. The van der Waals surface area contributed by atoms with E-state index < -0.39 is 17.6 Å². The Morgan fingerprint density at radius 3 is 2.43 bits per heavy atom. The summed E-state index contributed by atoms with van der Waals surface area (Å²) in [4.78, 5) is 24.2. The molecule has 0 bridgehead atoms. The number of nitrogens with zero attached hydrogens (tertiary/aromatic N) is 1. The Morgan fingerprint density at radius 1 is 1.29 bits per heavy atom. The number of carbonyl (C=O) groups is 2. The largest absolute Gasteiger partial charge is 0.385 e. The highest BCUT2D eigenvalue weighted by molar-refractivity contribution is 6.12. The maximum Gasteiger partial charge on any atom is 0.245 e. The lowest BCUT2D eigenvalue weighted by atomic mass is 9.95. The first-order valence-corrected chi connectivity index (χ1v) is 6.78. The third-order valence-corrected chi connectivity index (χ3v) is 2.98. The molecule has 1 unspecified atom stereocenters. The highest BCUT2D eigenvalue weighted by atomic mass is 16.5. The van der Waals surface area contributed by atoms with E-state index >= 15 is 0 Å². The Labute approximate surface area is 124 Å². The Morgan fingerprint density at radius 2 is 1.90 bits per heavy atom. The summed E-state index contributed by atoms with van der Waals surface area (Å²) in [6, 6.07) is 7.11. The van der Waals surface area contributed by atoms with E-state index in [9.17, 15) is 9.59 Å². The quantitative estimate of drug-likeness (QED) is 0.471. The van der Waals surface area contributed by atoms with Crippen LogP contribution in [0.5, 0.6) is 0 Å². The van der Waals surface area contributed by atoms with Gasteiger partial charge in [-0.25, -0.2) is 0 Å². The minimum atomic E-state index is -1.31. The number of nitriles is 1. The molecule has 0 saturated carbocycles. The number of methoxy groups -OCH3 is 1. The first-order chi connectivity index (χ1) is 9.99. The lowest BCUT2D eigenvalue weighted by Gasteiger charge is -2.10. The molecule has 0 aliphatic heterocycles. The van der Waals surface area contributed by atoms with Crippen molar-refractivity contribution in [3.8, 4) is 6.07 Å². The lowest BCUT2D eigenvalue weighted by molar-refractivity contribution is -0.122. The lowest BCUT2D eigenvalue weighted by Crippen LogP contribution is -2.35. The molecule has 0 radical (unpaired) electrons. The Bertz CT molecular complexity index is 541. The van der Waals surface area contributed by atoms with Crippen LogP contribution >= 0.6 is 0 Å². The normalized spacial score (nSPS) is 11.5. The Kier molecular flexibility index (Phi) is 6.57. The van der Waals surface area contributed by atoms with Gasteiger partial charge in [0, 0.05) is 25.8 Å². The number of hydrogen-bond acceptors (Lipinski definition) is 4. The highest BCUT2D eigenvalue weighted by Crippen LogP contribution is 2.14. The van der Waals surface area contributed by atoms with Crippen LogP contribution < -0.4 is 5.32 Å². The van der Waals surface area contributed by atoms with E-state index in [2.05, 4.69) is 5.32 Å². The van der Waals surface area contributed by atoms with Gasteiger partial charge in [-0.05, 0) is 32.4 Å². The number of ether oxygens (including phenoxy) is 1. The van der Waals surface area contributed by atoms with E-state index in [1.807, 2.05) is 19.9 Å². The molecule has 5 nitrogen and oxygen atoms in total. The van der Waals surface area contributed by atoms with Crippen LogP contribution in [0.1, 0.15) is 27.9 Å². The second-order valence-corrected chi connectivity index (χ2v) is 4.94. The molecule has 21 heavy (non-hydrogen) atoms. The van der Waals surface area contributed by atoms with Crippen molar-refractivity contribution in [3.63, 3.8) is 0 Å². The second-order valence-electron chi connectivity index (χ2n) is 4.94. The topological polar surface area (TPSA) is 79.2 Å². The molecule has 1 aromatic carbocycles. The third kappa shape index (κ3) is 5.01. The summed E-state index contributed by atoms with van der Waals surface area (Å²) >= 11 is 0. The maximum atomic E-state index is 12.3. The average molecular weight is 288 g/mol. The molecule has 5 heteroatoms. The summed E-state index contributed by atoms with van der Waals surface area (Å²) in [6.07, 6.45) is 0.637. The standard InChI is InChI=1S/C16H20N2O3/c1-11-7-12(2)9-13(8-11)15(19)14(10-17)16(20)18-5-4-6-21-3/h7-9,14H,4-6H2,1-3H3,(H,18,20). The van der Waals surface area contributed by atoms with Crippen molar-refractivity contribution in [2.24, 2.45) is 5.92 Å². The van der Waals surface area contributed by atoms with Crippen molar-refractivity contribution >= 4 is 11.7 Å². The summed E-state index contributed by atoms with van der Waals surface area (Å²) in [6.45, 7) is 4.64. The molecule has 0 aliphatic rings. The fraction of sp³-hybridized carbons (Fsp3) is 0.438. The summed E-state index contributed by atoms with van der Waals surface area (Å²) in [5.74, 6) is -2.33. The van der Waals surface area contributed by atoms with E-state index in [1.54, 1.807) is 25.3 Å². The molecule has 1 amide bonds. The van der Waals surface area contributed by atoms with Gasteiger partial charge in [0.15, 0.2) is 11.7 Å². The summed E-state index contributed by atoms with van der Waals surface area (Å²) in [7, 11) is 1.57. The second kappa shape index (κ2) is 8.18. The molecule has 1 N–H and O–H groups in total. The number of hydrogen-bond donors (Lipinski definition) is 1. The van der Waals surface area contributed by atoms with E-state index in [-0.39, 0.29) is 0 Å². The Balaban J connectivity index is 2.77. The van der Waals surface area contributed by atoms with Crippen molar-refractivity contribution < 1.29 is 14.3 Å². The SMILES string of the molecule is COCCCNC(=O)C(C#N)C(=O)c1cc(C)cc(C)c1. The maximum absolute atomic E-state index is 12.3. The van der Waals surface area contributed by atoms with Crippen LogP contribution in [0.25, 0.3) is 0 Å². The number of aryl methyl sites for hydroxylation is 2. The predicted octanol–water partition coefficient (Wildman–Crippen LogP) is 1.78. The van der Waals surface area contributed by atoms with Gasteiger partial charge in [-0.2, -0.15) is 5.26 Å². The third-order valence-electron chi connectivity index (χ3n) is 2.98. The van der Waals surface area contributed by atoms with Crippen molar-refractivity contribution in [3.05, 3.63) is 34.9 Å². The van der Waals surface area contributed by atoms with Gasteiger partial charge in [0.2, 0.25) is 5.91 Å². The average Bonchev–Trinajstić information content (AvgIpc) is 2.43. The molecule has 0 heterocycles. The van der Waals surface area contributed by atoms with Gasteiger partial charge < -0.3 is 10.1 Å². The molecule has 0 saturated heterocycles. The first kappa shape index (κ1) is 16.9. The molecule has 1 rings (SSSR count). The van der Waals surface area contributed by atoms with E-state index in [1.165, 1.54) is 0 Å². The highest BCUT2D eigenvalue weighted by Gasteiger charge is 2.27. The van der Waals surface area contributed by atoms with Crippen molar-refractivity contribution in [1.29, 1.82) is 5.26 Å².